The first-order valence-corrected chi connectivity index (χ1v) is 7.67. The SMILES string of the molecule is CC(C)CNCc1nnc(NCC(C(C)C)C(C)C)o1. The molecule has 0 fully saturated rings. The molecule has 0 bridgehead atoms. The molecule has 0 radical (unpaired) electrons. The van der Waals surface area contributed by atoms with Crippen LogP contribution in [0.2, 0.25) is 0 Å². The summed E-state index contributed by atoms with van der Waals surface area (Å²) in [7, 11) is 0. The van der Waals surface area contributed by atoms with Gasteiger partial charge >= 0.3 is 6.01 Å². The van der Waals surface area contributed by atoms with Gasteiger partial charge in [0.2, 0.25) is 5.89 Å². The topological polar surface area (TPSA) is 63.0 Å². The molecule has 0 amide bonds. The molecule has 1 aromatic heterocycles. The molecule has 116 valence electrons. The number of rotatable bonds is 9. The zero-order valence-corrected chi connectivity index (χ0v) is 13.7. The van der Waals surface area contributed by atoms with E-state index < -0.39 is 0 Å². The summed E-state index contributed by atoms with van der Waals surface area (Å²) in [6.45, 7) is 15.8. The normalized spacial score (nSPS) is 12.1. The standard InChI is InChI=1S/C15H30N4O/c1-10(2)7-16-9-14-18-19-15(20-14)17-8-13(11(3)4)12(5)6/h10-13,16H,7-9H2,1-6H3,(H,17,19). The first-order valence-electron chi connectivity index (χ1n) is 7.67. The fourth-order valence-electron chi connectivity index (χ4n) is 2.31. The molecule has 0 aromatic carbocycles. The van der Waals surface area contributed by atoms with Crippen LogP contribution in [0.1, 0.15) is 47.4 Å². The third-order valence-electron chi connectivity index (χ3n) is 3.50. The number of anilines is 1. The number of nitrogens with zero attached hydrogens (tertiary/aromatic N) is 2. The molecular formula is C15H30N4O. The van der Waals surface area contributed by atoms with Gasteiger partial charge in [0.25, 0.3) is 0 Å². The van der Waals surface area contributed by atoms with E-state index in [9.17, 15) is 0 Å². The molecule has 5 nitrogen and oxygen atoms in total. The van der Waals surface area contributed by atoms with Gasteiger partial charge in [0.15, 0.2) is 0 Å². The van der Waals surface area contributed by atoms with Crippen LogP contribution in [0.5, 0.6) is 0 Å². The predicted octanol–water partition coefficient (Wildman–Crippen LogP) is 3.16. The Kier molecular flexibility index (Phi) is 6.99. The van der Waals surface area contributed by atoms with Crippen LogP contribution in [-0.2, 0) is 6.54 Å². The maximum Gasteiger partial charge on any atom is 0.315 e. The van der Waals surface area contributed by atoms with Gasteiger partial charge in [-0.25, -0.2) is 0 Å². The molecule has 1 heterocycles. The lowest BCUT2D eigenvalue weighted by molar-refractivity contribution is 0.302. The third-order valence-corrected chi connectivity index (χ3v) is 3.50. The molecule has 0 aliphatic carbocycles. The van der Waals surface area contributed by atoms with Crippen LogP contribution in [0.25, 0.3) is 0 Å². The highest BCUT2D eigenvalue weighted by molar-refractivity contribution is 5.17. The number of hydrogen-bond donors (Lipinski definition) is 2. The number of hydrogen-bond acceptors (Lipinski definition) is 5. The van der Waals surface area contributed by atoms with Gasteiger partial charge in [-0.2, -0.15) is 0 Å². The lowest BCUT2D eigenvalue weighted by Crippen LogP contribution is -2.24. The highest BCUT2D eigenvalue weighted by Crippen LogP contribution is 2.21. The van der Waals surface area contributed by atoms with E-state index in [1.165, 1.54) is 0 Å². The van der Waals surface area contributed by atoms with Gasteiger partial charge in [-0.05, 0) is 30.2 Å². The Morgan fingerprint density at radius 3 is 2.15 bits per heavy atom. The summed E-state index contributed by atoms with van der Waals surface area (Å²) < 4.78 is 5.58. The molecule has 0 aliphatic heterocycles. The Balaban J connectivity index is 2.39. The maximum atomic E-state index is 5.58. The fourth-order valence-corrected chi connectivity index (χ4v) is 2.31. The maximum absolute atomic E-state index is 5.58. The van der Waals surface area contributed by atoms with E-state index in [1.54, 1.807) is 0 Å². The van der Waals surface area contributed by atoms with Crippen molar-refractivity contribution in [2.45, 2.75) is 48.1 Å². The van der Waals surface area contributed by atoms with E-state index in [2.05, 4.69) is 62.4 Å². The Morgan fingerprint density at radius 1 is 0.950 bits per heavy atom. The summed E-state index contributed by atoms with van der Waals surface area (Å²) >= 11 is 0. The quantitative estimate of drug-likeness (QED) is 0.728. The minimum atomic E-state index is 0.526. The van der Waals surface area contributed by atoms with Crippen LogP contribution in [0.4, 0.5) is 6.01 Å². The first-order chi connectivity index (χ1) is 9.40. The summed E-state index contributed by atoms with van der Waals surface area (Å²) in [5.74, 6) is 3.13. The molecule has 1 rings (SSSR count). The van der Waals surface area contributed by atoms with E-state index in [0.29, 0.717) is 42.1 Å². The van der Waals surface area contributed by atoms with Gasteiger partial charge in [-0.3, -0.25) is 0 Å². The van der Waals surface area contributed by atoms with Gasteiger partial charge in [0.05, 0.1) is 6.54 Å². The molecular weight excluding hydrogens is 252 g/mol. The molecule has 0 saturated carbocycles. The van der Waals surface area contributed by atoms with Gasteiger partial charge in [-0.15, -0.1) is 5.10 Å². The van der Waals surface area contributed by atoms with Crippen LogP contribution in [-0.4, -0.2) is 23.3 Å². The van der Waals surface area contributed by atoms with Gasteiger partial charge in [0.1, 0.15) is 0 Å². The van der Waals surface area contributed by atoms with Crippen molar-refractivity contribution in [1.82, 2.24) is 15.5 Å². The summed E-state index contributed by atoms with van der Waals surface area (Å²) in [4.78, 5) is 0. The molecule has 1 aromatic rings. The Labute approximate surface area is 122 Å². The molecule has 0 atom stereocenters. The minimum absolute atomic E-state index is 0.526. The minimum Gasteiger partial charge on any atom is -0.407 e. The summed E-state index contributed by atoms with van der Waals surface area (Å²) in [6, 6.07) is 0.526. The van der Waals surface area contributed by atoms with Crippen molar-refractivity contribution >= 4 is 6.01 Å². The Morgan fingerprint density at radius 2 is 1.60 bits per heavy atom. The summed E-state index contributed by atoms with van der Waals surface area (Å²) in [6.07, 6.45) is 0. The summed E-state index contributed by atoms with van der Waals surface area (Å²) in [5.41, 5.74) is 0. The van der Waals surface area contributed by atoms with Gasteiger partial charge in [0, 0.05) is 6.54 Å². The highest BCUT2D eigenvalue weighted by atomic mass is 16.4. The molecule has 0 unspecified atom stereocenters. The van der Waals surface area contributed by atoms with Crippen molar-refractivity contribution in [1.29, 1.82) is 0 Å². The van der Waals surface area contributed by atoms with Crippen molar-refractivity contribution in [3.63, 3.8) is 0 Å². The Hall–Kier alpha value is -1.10. The zero-order chi connectivity index (χ0) is 15.1. The monoisotopic (exact) mass is 282 g/mol. The number of aromatic nitrogens is 2. The predicted molar refractivity (Wildman–Crippen MR) is 82.5 cm³/mol. The van der Waals surface area contributed by atoms with Crippen molar-refractivity contribution in [3.8, 4) is 0 Å². The molecule has 20 heavy (non-hydrogen) atoms. The van der Waals surface area contributed by atoms with E-state index in [0.717, 1.165) is 13.1 Å². The lowest BCUT2D eigenvalue weighted by Gasteiger charge is -2.24. The van der Waals surface area contributed by atoms with Crippen LogP contribution in [0.15, 0.2) is 4.42 Å². The van der Waals surface area contributed by atoms with Crippen molar-refractivity contribution < 1.29 is 4.42 Å². The number of nitrogens with one attached hydrogen (secondary N) is 2. The fraction of sp³-hybridized carbons (Fsp3) is 0.867. The van der Waals surface area contributed by atoms with E-state index in [4.69, 9.17) is 4.42 Å². The zero-order valence-electron chi connectivity index (χ0n) is 13.7. The summed E-state index contributed by atoms with van der Waals surface area (Å²) in [5, 5.41) is 14.6. The van der Waals surface area contributed by atoms with Crippen molar-refractivity contribution in [2.75, 3.05) is 18.4 Å². The third kappa shape index (κ3) is 5.90. The van der Waals surface area contributed by atoms with Crippen LogP contribution in [0, 0.1) is 23.7 Å². The molecule has 2 N–H and O–H groups in total. The second kappa shape index (κ2) is 8.25. The van der Waals surface area contributed by atoms with Crippen LogP contribution >= 0.6 is 0 Å². The average Bonchev–Trinajstić information content (AvgIpc) is 2.76. The van der Waals surface area contributed by atoms with E-state index in [1.807, 2.05) is 0 Å². The van der Waals surface area contributed by atoms with E-state index in [-0.39, 0.29) is 0 Å². The second-order valence-corrected chi connectivity index (χ2v) is 6.56. The van der Waals surface area contributed by atoms with Crippen molar-refractivity contribution in [2.24, 2.45) is 23.7 Å². The molecule has 0 aliphatic rings. The molecule has 0 saturated heterocycles. The van der Waals surface area contributed by atoms with Gasteiger partial charge in [-0.1, -0.05) is 46.6 Å². The van der Waals surface area contributed by atoms with Crippen LogP contribution in [0.3, 0.4) is 0 Å². The smallest absolute Gasteiger partial charge is 0.315 e. The van der Waals surface area contributed by atoms with Crippen molar-refractivity contribution in [3.05, 3.63) is 5.89 Å². The van der Waals surface area contributed by atoms with E-state index >= 15 is 0 Å². The second-order valence-electron chi connectivity index (χ2n) is 6.56. The highest BCUT2D eigenvalue weighted by Gasteiger charge is 2.18. The Bertz CT molecular complexity index is 366. The van der Waals surface area contributed by atoms with Crippen LogP contribution < -0.4 is 10.6 Å². The van der Waals surface area contributed by atoms with Gasteiger partial charge < -0.3 is 15.1 Å². The largest absolute Gasteiger partial charge is 0.407 e. The lowest BCUT2D eigenvalue weighted by atomic mass is 9.85. The molecule has 0 spiro atoms. The molecule has 5 heteroatoms. The first kappa shape index (κ1) is 17.0. The average molecular weight is 282 g/mol.